The summed E-state index contributed by atoms with van der Waals surface area (Å²) < 4.78 is 16.8. The number of benzene rings is 2. The van der Waals surface area contributed by atoms with Crippen LogP contribution >= 0.6 is 0 Å². The van der Waals surface area contributed by atoms with Crippen molar-refractivity contribution >= 4 is 17.1 Å². The molecule has 1 heterocycles. The number of hydrogen-bond donors (Lipinski definition) is 2. The number of rotatable bonds is 5. The molecule has 29 heavy (non-hydrogen) atoms. The molecule has 2 N–H and O–H groups in total. The Hall–Kier alpha value is -3.13. The zero-order valence-corrected chi connectivity index (χ0v) is 17.5. The van der Waals surface area contributed by atoms with Crippen molar-refractivity contribution in [3.05, 3.63) is 112 Å². The van der Waals surface area contributed by atoms with Crippen molar-refractivity contribution in [2.45, 2.75) is 0 Å². The molecule has 4 nitrogen and oxygen atoms in total. The fourth-order valence-corrected chi connectivity index (χ4v) is 5.09. The number of aromatic nitrogens is 2. The Balaban J connectivity index is 1.71. The molecule has 3 aromatic rings. The van der Waals surface area contributed by atoms with Gasteiger partial charge in [0.25, 0.3) is 0 Å². The van der Waals surface area contributed by atoms with Crippen molar-refractivity contribution < 1.29 is 31.0 Å². The van der Waals surface area contributed by atoms with Crippen molar-refractivity contribution in [3.8, 4) is 5.75 Å². The Labute approximate surface area is 179 Å². The summed E-state index contributed by atoms with van der Waals surface area (Å²) in [5.74, 6) is -0.291. The van der Waals surface area contributed by atoms with Gasteiger partial charge in [0.2, 0.25) is 0 Å². The number of aromatic amines is 1. The molecule has 0 unspecified atom stereocenters. The molecule has 0 radical (unpaired) electrons. The molecule has 0 aliphatic heterocycles. The molecule has 0 saturated carbocycles. The first-order valence-corrected chi connectivity index (χ1v) is 11.0. The third-order valence-electron chi connectivity index (χ3n) is 4.14. The number of nitrogens with one attached hydrogen (secondary N) is 1. The molecule has 1 aliphatic carbocycles. The molecule has 6 heteroatoms. The van der Waals surface area contributed by atoms with Gasteiger partial charge >= 0.3 is 179 Å². The van der Waals surface area contributed by atoms with E-state index in [9.17, 15) is 9.50 Å². The first-order valence-electron chi connectivity index (χ1n) is 8.97. The second-order valence-electron chi connectivity index (χ2n) is 6.19. The molecule has 0 fully saturated rings. The number of phenols is 1. The molecule has 0 atom stereocenters. The standard InChI is InChI=1S/C23H18FIN3O/c24-20-14-13-19(15-22(20)29)28(25-18-11-7-4-8-12-18)23-16-21(26-27-23)17-9-5-2-1-3-6-10-17/h1-16,29H,(H,26,27)/q-1/b2-1-,3-1?,5-2?,6-3-,9-5-,10-6?,17-9?,17-10+. The predicted octanol–water partition coefficient (Wildman–Crippen LogP) is 2.33. The van der Waals surface area contributed by atoms with Crippen molar-refractivity contribution in [1.82, 2.24) is 10.2 Å². The van der Waals surface area contributed by atoms with Crippen LogP contribution in [-0.2, 0) is 0 Å². The molecule has 1 aliphatic rings. The first kappa shape index (κ1) is 19.2. The quantitative estimate of drug-likeness (QED) is 0.420. The fourth-order valence-electron chi connectivity index (χ4n) is 2.72. The summed E-state index contributed by atoms with van der Waals surface area (Å²) in [6, 6.07) is 16.4. The van der Waals surface area contributed by atoms with Crippen LogP contribution in [0, 0.1) is 9.39 Å². The molecular formula is C23H18FIN3O-. The minimum atomic E-state index is -0.680. The minimum absolute atomic E-state index is 0.372. The van der Waals surface area contributed by atoms with E-state index in [0.29, 0.717) is 5.69 Å². The van der Waals surface area contributed by atoms with Gasteiger partial charge in [0.05, 0.1) is 0 Å². The van der Waals surface area contributed by atoms with Crippen molar-refractivity contribution in [1.29, 1.82) is 0 Å². The van der Waals surface area contributed by atoms with Crippen LogP contribution in [0.2, 0.25) is 0 Å². The number of H-pyrrole nitrogens is 1. The van der Waals surface area contributed by atoms with Crippen LogP contribution in [-0.4, -0.2) is 15.3 Å². The molecule has 0 bridgehead atoms. The van der Waals surface area contributed by atoms with E-state index in [4.69, 9.17) is 0 Å². The van der Waals surface area contributed by atoms with E-state index in [1.54, 1.807) is 6.07 Å². The van der Waals surface area contributed by atoms with Crippen molar-refractivity contribution in [3.63, 3.8) is 0 Å². The predicted molar refractivity (Wildman–Crippen MR) is 109 cm³/mol. The fraction of sp³-hybridized carbons (Fsp3) is 0. The van der Waals surface area contributed by atoms with Crippen LogP contribution in [0.15, 0.2) is 97.1 Å². The zero-order chi connectivity index (χ0) is 20.1. The number of hydrogen-bond acceptors (Lipinski definition) is 3. The van der Waals surface area contributed by atoms with E-state index in [-0.39, 0.29) is 5.75 Å². The Bertz CT molecular complexity index is 1120. The summed E-state index contributed by atoms with van der Waals surface area (Å²) in [7, 11) is 0. The van der Waals surface area contributed by atoms with E-state index in [0.717, 1.165) is 17.1 Å². The average molecular weight is 498 g/mol. The SMILES string of the molecule is Oc1cc(N([I-]c2ccccc2)c2cc(C3=C/C=C\C=C/C=C\3)[nH]n2)ccc1F. The zero-order valence-electron chi connectivity index (χ0n) is 15.3. The Kier molecular flexibility index (Phi) is 5.90. The van der Waals surface area contributed by atoms with Gasteiger partial charge in [-0.05, 0) is 0 Å². The summed E-state index contributed by atoms with van der Waals surface area (Å²) in [4.78, 5) is 0. The molecule has 1 aromatic heterocycles. The maximum atomic E-state index is 13.6. The molecule has 0 spiro atoms. The van der Waals surface area contributed by atoms with Crippen LogP contribution in [0.4, 0.5) is 15.9 Å². The number of phenolic OH excluding ortho intramolecular Hbond substituents is 1. The van der Waals surface area contributed by atoms with Crippen LogP contribution in [0.3, 0.4) is 0 Å². The van der Waals surface area contributed by atoms with Gasteiger partial charge in [0.1, 0.15) is 0 Å². The normalized spacial score (nSPS) is 18.3. The Morgan fingerprint density at radius 1 is 0.931 bits per heavy atom. The van der Waals surface area contributed by atoms with Gasteiger partial charge in [-0.1, -0.05) is 0 Å². The van der Waals surface area contributed by atoms with E-state index in [1.807, 2.05) is 69.9 Å². The van der Waals surface area contributed by atoms with E-state index >= 15 is 0 Å². The molecule has 0 amide bonds. The topological polar surface area (TPSA) is 52.1 Å². The summed E-state index contributed by atoms with van der Waals surface area (Å²) in [6.07, 6.45) is 13.9. The second-order valence-corrected chi connectivity index (χ2v) is 8.88. The maximum absolute atomic E-state index is 13.6. The van der Waals surface area contributed by atoms with E-state index < -0.39 is 27.3 Å². The first-order chi connectivity index (χ1) is 14.2. The summed E-state index contributed by atoms with van der Waals surface area (Å²) in [6.45, 7) is 0. The number of allylic oxidation sites excluding steroid dienone is 8. The molecule has 146 valence electrons. The third kappa shape index (κ3) is 4.65. The molecule has 4 rings (SSSR count). The second kappa shape index (κ2) is 8.91. The van der Waals surface area contributed by atoms with Gasteiger partial charge in [-0.3, -0.25) is 0 Å². The van der Waals surface area contributed by atoms with Gasteiger partial charge in [-0.25, -0.2) is 0 Å². The Morgan fingerprint density at radius 3 is 2.55 bits per heavy atom. The van der Waals surface area contributed by atoms with Gasteiger partial charge in [0, 0.05) is 0 Å². The van der Waals surface area contributed by atoms with Gasteiger partial charge in [-0.15, -0.1) is 0 Å². The summed E-state index contributed by atoms with van der Waals surface area (Å²) in [5.41, 5.74) is 2.58. The van der Waals surface area contributed by atoms with Crippen LogP contribution < -0.4 is 24.6 Å². The van der Waals surface area contributed by atoms with E-state index in [1.165, 1.54) is 15.7 Å². The average Bonchev–Trinajstić information content (AvgIpc) is 3.18. The van der Waals surface area contributed by atoms with Crippen LogP contribution in [0.1, 0.15) is 5.69 Å². The summed E-state index contributed by atoms with van der Waals surface area (Å²) in [5, 5.41) is 17.5. The van der Waals surface area contributed by atoms with Crippen LogP contribution in [0.5, 0.6) is 5.75 Å². The molecular weight excluding hydrogens is 480 g/mol. The van der Waals surface area contributed by atoms with Gasteiger partial charge in [0.15, 0.2) is 0 Å². The number of aromatic hydroxyl groups is 1. The third-order valence-corrected chi connectivity index (χ3v) is 6.95. The van der Waals surface area contributed by atoms with Gasteiger partial charge < -0.3 is 0 Å². The van der Waals surface area contributed by atoms with Crippen molar-refractivity contribution in [2.24, 2.45) is 0 Å². The number of halogens is 2. The Morgan fingerprint density at radius 2 is 1.72 bits per heavy atom. The van der Waals surface area contributed by atoms with Crippen LogP contribution in [0.25, 0.3) is 5.57 Å². The van der Waals surface area contributed by atoms with Gasteiger partial charge in [-0.2, -0.15) is 0 Å². The molecule has 2 aromatic carbocycles. The van der Waals surface area contributed by atoms with Crippen molar-refractivity contribution in [2.75, 3.05) is 3.11 Å². The monoisotopic (exact) mass is 498 g/mol. The molecule has 0 saturated heterocycles. The summed E-state index contributed by atoms with van der Waals surface area (Å²) >= 11 is -0.680. The van der Waals surface area contributed by atoms with E-state index in [2.05, 4.69) is 22.3 Å². The number of anilines is 2. The number of nitrogens with zero attached hydrogens (tertiary/aromatic N) is 2.